The van der Waals surface area contributed by atoms with Gasteiger partial charge >= 0.3 is 0 Å². The Balaban J connectivity index is 2.09. The largest absolute Gasteiger partial charge is 0.481 e. The quantitative estimate of drug-likeness (QED) is 0.768. The number of ether oxygens (including phenoxy) is 1. The van der Waals surface area contributed by atoms with Crippen LogP contribution in [-0.2, 0) is 4.79 Å². The van der Waals surface area contributed by atoms with Crippen molar-refractivity contribution in [2.75, 3.05) is 0 Å². The van der Waals surface area contributed by atoms with Crippen LogP contribution in [-0.4, -0.2) is 12.0 Å². The Morgan fingerprint density at radius 1 is 1.00 bits per heavy atom. The highest BCUT2D eigenvalue weighted by Gasteiger charge is 2.22. The molecule has 2 atom stereocenters. The van der Waals surface area contributed by atoms with Gasteiger partial charge < -0.3 is 10.1 Å². The molecule has 0 heterocycles. The Morgan fingerprint density at radius 3 is 2.36 bits per heavy atom. The standard InChI is InChI=1S/C22H29NO2/c1-6-20(18-12-11-16(4)17(5)14-18)23-22(24)21(7-2)25-19-10-8-9-15(3)13-19/h8-14,20-21H,6-7H2,1-5H3,(H,23,24)/t20-,21+/m1/s1. The molecule has 134 valence electrons. The van der Waals surface area contributed by atoms with Crippen LogP contribution in [0.5, 0.6) is 5.75 Å². The fraction of sp³-hybridized carbons (Fsp3) is 0.409. The highest BCUT2D eigenvalue weighted by molar-refractivity contribution is 5.81. The lowest BCUT2D eigenvalue weighted by Gasteiger charge is -2.23. The van der Waals surface area contributed by atoms with Crippen LogP contribution in [0, 0.1) is 20.8 Å². The van der Waals surface area contributed by atoms with Gasteiger partial charge in [-0.25, -0.2) is 0 Å². The summed E-state index contributed by atoms with van der Waals surface area (Å²) < 4.78 is 5.92. The number of carbonyl (C=O) groups excluding carboxylic acids is 1. The smallest absolute Gasteiger partial charge is 0.261 e. The summed E-state index contributed by atoms with van der Waals surface area (Å²) in [6, 6.07) is 14.2. The maximum absolute atomic E-state index is 12.7. The van der Waals surface area contributed by atoms with E-state index in [1.165, 1.54) is 11.1 Å². The number of carbonyl (C=O) groups is 1. The number of aryl methyl sites for hydroxylation is 3. The van der Waals surface area contributed by atoms with E-state index in [-0.39, 0.29) is 11.9 Å². The van der Waals surface area contributed by atoms with E-state index >= 15 is 0 Å². The lowest BCUT2D eigenvalue weighted by atomic mass is 9.99. The summed E-state index contributed by atoms with van der Waals surface area (Å²) in [4.78, 5) is 12.7. The van der Waals surface area contributed by atoms with Gasteiger partial charge in [0.05, 0.1) is 6.04 Å². The van der Waals surface area contributed by atoms with E-state index in [9.17, 15) is 4.79 Å². The van der Waals surface area contributed by atoms with Gasteiger partial charge in [-0.2, -0.15) is 0 Å². The second-order valence-corrected chi connectivity index (χ2v) is 6.64. The molecule has 0 aliphatic rings. The van der Waals surface area contributed by atoms with E-state index < -0.39 is 6.10 Å². The summed E-state index contributed by atoms with van der Waals surface area (Å²) in [5, 5.41) is 3.15. The second kappa shape index (κ2) is 8.70. The minimum Gasteiger partial charge on any atom is -0.481 e. The molecule has 1 amide bonds. The van der Waals surface area contributed by atoms with Crippen molar-refractivity contribution in [3.8, 4) is 5.75 Å². The van der Waals surface area contributed by atoms with Gasteiger partial charge in [0.2, 0.25) is 0 Å². The number of rotatable bonds is 7. The molecule has 0 spiro atoms. The number of nitrogens with one attached hydrogen (secondary N) is 1. The SMILES string of the molecule is CC[C@H](Oc1cccc(C)c1)C(=O)N[C@H](CC)c1ccc(C)c(C)c1. The van der Waals surface area contributed by atoms with Crippen molar-refractivity contribution in [3.05, 3.63) is 64.7 Å². The van der Waals surface area contributed by atoms with Crippen molar-refractivity contribution in [1.82, 2.24) is 5.32 Å². The van der Waals surface area contributed by atoms with Crippen LogP contribution in [0.3, 0.4) is 0 Å². The lowest BCUT2D eigenvalue weighted by Crippen LogP contribution is -2.40. The Labute approximate surface area is 151 Å². The van der Waals surface area contributed by atoms with Crippen LogP contribution in [0.2, 0.25) is 0 Å². The van der Waals surface area contributed by atoms with Gasteiger partial charge in [0, 0.05) is 0 Å². The molecule has 0 aliphatic heterocycles. The molecule has 0 aliphatic carbocycles. The van der Waals surface area contributed by atoms with Crippen molar-refractivity contribution in [3.63, 3.8) is 0 Å². The van der Waals surface area contributed by atoms with Crippen LogP contribution in [0.25, 0.3) is 0 Å². The van der Waals surface area contributed by atoms with Gasteiger partial charge in [0.25, 0.3) is 5.91 Å². The Kier molecular flexibility index (Phi) is 6.63. The first-order valence-corrected chi connectivity index (χ1v) is 9.05. The van der Waals surface area contributed by atoms with Crippen molar-refractivity contribution in [2.24, 2.45) is 0 Å². The van der Waals surface area contributed by atoms with Gasteiger partial charge in [0.15, 0.2) is 6.10 Å². The summed E-state index contributed by atoms with van der Waals surface area (Å²) in [5.74, 6) is 0.676. The van der Waals surface area contributed by atoms with E-state index in [1.807, 2.05) is 38.1 Å². The third-order valence-corrected chi connectivity index (χ3v) is 4.59. The average Bonchev–Trinajstić information content (AvgIpc) is 2.60. The Morgan fingerprint density at radius 2 is 1.76 bits per heavy atom. The van der Waals surface area contributed by atoms with E-state index in [0.717, 1.165) is 23.3 Å². The molecular weight excluding hydrogens is 310 g/mol. The molecule has 0 saturated carbocycles. The van der Waals surface area contributed by atoms with Crippen molar-refractivity contribution < 1.29 is 9.53 Å². The van der Waals surface area contributed by atoms with E-state index in [1.54, 1.807) is 0 Å². The predicted molar refractivity (Wildman–Crippen MR) is 103 cm³/mol. The first kappa shape index (κ1) is 19.0. The van der Waals surface area contributed by atoms with Gasteiger partial charge in [0.1, 0.15) is 5.75 Å². The summed E-state index contributed by atoms with van der Waals surface area (Å²) in [7, 11) is 0. The summed E-state index contributed by atoms with van der Waals surface area (Å²) in [6.45, 7) is 10.3. The first-order valence-electron chi connectivity index (χ1n) is 9.05. The van der Waals surface area contributed by atoms with Gasteiger partial charge in [-0.3, -0.25) is 4.79 Å². The molecule has 2 aromatic carbocycles. The molecule has 0 aromatic heterocycles. The van der Waals surface area contributed by atoms with Gasteiger partial charge in [-0.1, -0.05) is 44.2 Å². The summed E-state index contributed by atoms with van der Waals surface area (Å²) in [6.07, 6.45) is 0.987. The molecule has 1 N–H and O–H groups in total. The molecule has 25 heavy (non-hydrogen) atoms. The maximum atomic E-state index is 12.7. The topological polar surface area (TPSA) is 38.3 Å². The van der Waals surface area contributed by atoms with E-state index in [2.05, 4.69) is 44.3 Å². The molecule has 0 bridgehead atoms. The van der Waals surface area contributed by atoms with Crippen LogP contribution in [0.15, 0.2) is 42.5 Å². The highest BCUT2D eigenvalue weighted by atomic mass is 16.5. The van der Waals surface area contributed by atoms with Crippen LogP contribution < -0.4 is 10.1 Å². The van der Waals surface area contributed by atoms with E-state index in [4.69, 9.17) is 4.74 Å². The second-order valence-electron chi connectivity index (χ2n) is 6.64. The molecule has 2 rings (SSSR count). The zero-order valence-corrected chi connectivity index (χ0v) is 15.9. The van der Waals surface area contributed by atoms with Crippen molar-refractivity contribution >= 4 is 5.91 Å². The normalized spacial score (nSPS) is 13.2. The third kappa shape index (κ3) is 5.09. The van der Waals surface area contributed by atoms with E-state index in [0.29, 0.717) is 6.42 Å². The van der Waals surface area contributed by atoms with Crippen LogP contribution in [0.1, 0.15) is 55.0 Å². The molecule has 0 saturated heterocycles. The minimum absolute atomic E-state index is 0.00181. The minimum atomic E-state index is -0.484. The monoisotopic (exact) mass is 339 g/mol. The third-order valence-electron chi connectivity index (χ3n) is 4.59. The fourth-order valence-electron chi connectivity index (χ4n) is 2.84. The summed E-state index contributed by atoms with van der Waals surface area (Å²) in [5.41, 5.74) is 4.77. The lowest BCUT2D eigenvalue weighted by molar-refractivity contribution is -0.128. The first-order chi connectivity index (χ1) is 11.9. The molecule has 0 unspecified atom stereocenters. The van der Waals surface area contributed by atoms with Crippen LogP contribution >= 0.6 is 0 Å². The number of hydrogen-bond acceptors (Lipinski definition) is 2. The maximum Gasteiger partial charge on any atom is 0.261 e. The molecule has 3 nitrogen and oxygen atoms in total. The predicted octanol–water partition coefficient (Wildman–Crippen LogP) is 5.04. The molecule has 0 radical (unpaired) electrons. The Hall–Kier alpha value is -2.29. The van der Waals surface area contributed by atoms with Crippen molar-refractivity contribution in [2.45, 2.75) is 59.6 Å². The zero-order chi connectivity index (χ0) is 18.4. The van der Waals surface area contributed by atoms with Gasteiger partial charge in [-0.05, 0) is 68.0 Å². The van der Waals surface area contributed by atoms with Crippen LogP contribution in [0.4, 0.5) is 0 Å². The molecule has 2 aromatic rings. The highest BCUT2D eigenvalue weighted by Crippen LogP contribution is 2.21. The molecular formula is C22H29NO2. The number of amides is 1. The van der Waals surface area contributed by atoms with Crippen molar-refractivity contribution in [1.29, 1.82) is 0 Å². The molecule has 3 heteroatoms. The number of benzene rings is 2. The molecule has 0 fully saturated rings. The Bertz CT molecular complexity index is 724. The summed E-state index contributed by atoms with van der Waals surface area (Å²) >= 11 is 0. The fourth-order valence-corrected chi connectivity index (χ4v) is 2.84. The number of hydrogen-bond donors (Lipinski definition) is 1. The average molecular weight is 339 g/mol. The zero-order valence-electron chi connectivity index (χ0n) is 15.9. The van der Waals surface area contributed by atoms with Gasteiger partial charge in [-0.15, -0.1) is 0 Å².